The van der Waals surface area contributed by atoms with Crippen LogP contribution in [0.4, 0.5) is 5.69 Å². The average Bonchev–Trinajstić information content (AvgIpc) is 2.59. The first-order valence-electron chi connectivity index (χ1n) is 6.53. The normalized spacial score (nSPS) is 10.0. The van der Waals surface area contributed by atoms with E-state index in [1.807, 2.05) is 0 Å². The molecule has 0 radical (unpaired) electrons. The molecular weight excluding hydrogens is 302 g/mol. The number of esters is 2. The summed E-state index contributed by atoms with van der Waals surface area (Å²) in [5.41, 5.74) is 1.30. The number of rotatable bonds is 4. The average molecular weight is 315 g/mol. The Balaban J connectivity index is 2.49. The Labute approximate surface area is 131 Å². The molecule has 0 aliphatic heterocycles. The summed E-state index contributed by atoms with van der Waals surface area (Å²) in [6, 6.07) is 10.3. The minimum atomic E-state index is -0.666. The van der Waals surface area contributed by atoms with E-state index in [0.29, 0.717) is 16.7 Å². The summed E-state index contributed by atoms with van der Waals surface area (Å²) in [7, 11) is 2.48. The van der Waals surface area contributed by atoms with Gasteiger partial charge in [-0.25, -0.2) is 9.59 Å². The summed E-state index contributed by atoms with van der Waals surface area (Å²) in [6.45, 7) is 0. The smallest absolute Gasteiger partial charge is 0.338 e. The molecular formula is C16H13NO6. The molecule has 23 heavy (non-hydrogen) atoms. The zero-order valence-electron chi connectivity index (χ0n) is 12.4. The largest absolute Gasteiger partial charge is 0.465 e. The Morgan fingerprint density at radius 3 is 1.96 bits per heavy atom. The maximum Gasteiger partial charge on any atom is 0.338 e. The lowest BCUT2D eigenvalue weighted by molar-refractivity contribution is -0.384. The second kappa shape index (κ2) is 6.69. The van der Waals surface area contributed by atoms with Crippen molar-refractivity contribution >= 4 is 17.6 Å². The molecule has 0 saturated heterocycles. The Bertz CT molecular complexity index is 767. The number of hydrogen-bond acceptors (Lipinski definition) is 6. The molecule has 7 heteroatoms. The molecule has 118 valence electrons. The number of nitro benzene ring substituents is 1. The van der Waals surface area contributed by atoms with E-state index in [4.69, 9.17) is 0 Å². The third-order valence-electron chi connectivity index (χ3n) is 3.19. The summed E-state index contributed by atoms with van der Waals surface area (Å²) < 4.78 is 9.21. The molecule has 0 spiro atoms. The van der Waals surface area contributed by atoms with Gasteiger partial charge in [-0.1, -0.05) is 12.1 Å². The van der Waals surface area contributed by atoms with Crippen molar-refractivity contribution in [1.29, 1.82) is 0 Å². The van der Waals surface area contributed by atoms with Crippen molar-refractivity contribution in [3.8, 4) is 11.1 Å². The fourth-order valence-corrected chi connectivity index (χ4v) is 2.04. The third kappa shape index (κ3) is 3.52. The first-order chi connectivity index (χ1) is 11.0. The van der Waals surface area contributed by atoms with Crippen molar-refractivity contribution in [3.63, 3.8) is 0 Å². The van der Waals surface area contributed by atoms with Crippen molar-refractivity contribution in [2.75, 3.05) is 14.2 Å². The van der Waals surface area contributed by atoms with Gasteiger partial charge in [-0.15, -0.1) is 0 Å². The summed E-state index contributed by atoms with van der Waals surface area (Å²) >= 11 is 0. The van der Waals surface area contributed by atoms with E-state index in [9.17, 15) is 19.7 Å². The number of carbonyl (C=O) groups is 2. The van der Waals surface area contributed by atoms with Crippen LogP contribution < -0.4 is 0 Å². The van der Waals surface area contributed by atoms with Crippen LogP contribution in [0.3, 0.4) is 0 Å². The molecule has 7 nitrogen and oxygen atoms in total. The Kier molecular flexibility index (Phi) is 4.70. The van der Waals surface area contributed by atoms with Crippen LogP contribution in [0.15, 0.2) is 42.5 Å². The van der Waals surface area contributed by atoms with Crippen LogP contribution in [0.2, 0.25) is 0 Å². The van der Waals surface area contributed by atoms with Gasteiger partial charge >= 0.3 is 11.9 Å². The van der Waals surface area contributed by atoms with Crippen molar-refractivity contribution in [2.24, 2.45) is 0 Å². The molecule has 0 amide bonds. The molecule has 0 aromatic heterocycles. The molecule has 0 atom stereocenters. The van der Waals surface area contributed by atoms with Gasteiger partial charge in [-0.2, -0.15) is 0 Å². The topological polar surface area (TPSA) is 95.7 Å². The third-order valence-corrected chi connectivity index (χ3v) is 3.19. The SMILES string of the molecule is COC(=O)c1ccc(-c2cc(C(=O)OC)cc([N+](=O)[O-])c2)cc1. The lowest BCUT2D eigenvalue weighted by Crippen LogP contribution is -2.03. The van der Waals surface area contributed by atoms with Crippen LogP contribution in [-0.2, 0) is 9.47 Å². The number of non-ortho nitro benzene ring substituents is 1. The van der Waals surface area contributed by atoms with Gasteiger partial charge < -0.3 is 9.47 Å². The highest BCUT2D eigenvalue weighted by molar-refractivity contribution is 5.93. The van der Waals surface area contributed by atoms with Gasteiger partial charge in [-0.05, 0) is 29.3 Å². The van der Waals surface area contributed by atoms with Crippen LogP contribution >= 0.6 is 0 Å². The van der Waals surface area contributed by atoms with Gasteiger partial charge in [0.2, 0.25) is 0 Å². The van der Waals surface area contributed by atoms with Crippen LogP contribution in [0.25, 0.3) is 11.1 Å². The first kappa shape index (κ1) is 16.2. The van der Waals surface area contributed by atoms with E-state index >= 15 is 0 Å². The molecule has 0 saturated carbocycles. The molecule has 0 unspecified atom stereocenters. The molecule has 2 aromatic carbocycles. The lowest BCUT2D eigenvalue weighted by Gasteiger charge is -2.06. The molecule has 0 bridgehead atoms. The highest BCUT2D eigenvalue weighted by Gasteiger charge is 2.16. The summed E-state index contributed by atoms with van der Waals surface area (Å²) in [4.78, 5) is 33.5. The van der Waals surface area contributed by atoms with Crippen LogP contribution in [0.5, 0.6) is 0 Å². The number of nitrogens with zero attached hydrogens (tertiary/aromatic N) is 1. The fourth-order valence-electron chi connectivity index (χ4n) is 2.04. The van der Waals surface area contributed by atoms with Gasteiger partial charge in [0.05, 0.1) is 30.3 Å². The molecule has 2 aromatic rings. The van der Waals surface area contributed by atoms with Gasteiger partial charge in [0.25, 0.3) is 5.69 Å². The summed E-state index contributed by atoms with van der Waals surface area (Å²) in [5.74, 6) is -1.15. The quantitative estimate of drug-likeness (QED) is 0.489. The molecule has 2 rings (SSSR count). The van der Waals surface area contributed by atoms with E-state index in [2.05, 4.69) is 9.47 Å². The lowest BCUT2D eigenvalue weighted by atomic mass is 10.0. The molecule has 0 N–H and O–H groups in total. The first-order valence-corrected chi connectivity index (χ1v) is 6.53. The highest BCUT2D eigenvalue weighted by Crippen LogP contribution is 2.27. The summed E-state index contributed by atoms with van der Waals surface area (Å²) in [6.07, 6.45) is 0. The second-order valence-corrected chi connectivity index (χ2v) is 4.59. The van der Waals surface area contributed by atoms with E-state index in [-0.39, 0.29) is 11.3 Å². The van der Waals surface area contributed by atoms with Crippen LogP contribution in [-0.4, -0.2) is 31.1 Å². The number of benzene rings is 2. The minimum Gasteiger partial charge on any atom is -0.465 e. The van der Waals surface area contributed by atoms with Crippen molar-refractivity contribution in [2.45, 2.75) is 0 Å². The monoisotopic (exact) mass is 315 g/mol. The van der Waals surface area contributed by atoms with E-state index < -0.39 is 16.9 Å². The Hall–Kier alpha value is -3.22. The van der Waals surface area contributed by atoms with Gasteiger partial charge in [0.15, 0.2) is 0 Å². The Morgan fingerprint density at radius 1 is 0.870 bits per heavy atom. The molecule has 0 heterocycles. The van der Waals surface area contributed by atoms with E-state index in [0.717, 1.165) is 6.07 Å². The number of carbonyl (C=O) groups excluding carboxylic acids is 2. The number of nitro groups is 1. The molecule has 0 aliphatic rings. The van der Waals surface area contributed by atoms with Crippen molar-refractivity contribution in [3.05, 3.63) is 63.7 Å². The highest BCUT2D eigenvalue weighted by atomic mass is 16.6. The standard InChI is InChI=1S/C16H13NO6/c1-22-15(18)11-5-3-10(4-6-11)12-7-13(16(19)23-2)9-14(8-12)17(20)21/h3-9H,1-2H3. The second-order valence-electron chi connectivity index (χ2n) is 4.59. The predicted molar refractivity (Wildman–Crippen MR) is 81.2 cm³/mol. The molecule has 0 fully saturated rings. The number of methoxy groups -OCH3 is 2. The predicted octanol–water partition coefficient (Wildman–Crippen LogP) is 2.84. The maximum absolute atomic E-state index is 11.6. The summed E-state index contributed by atoms with van der Waals surface area (Å²) in [5, 5.41) is 11.0. The zero-order chi connectivity index (χ0) is 17.0. The minimum absolute atomic E-state index is 0.0775. The molecule has 0 aliphatic carbocycles. The van der Waals surface area contributed by atoms with Gasteiger partial charge in [0, 0.05) is 12.1 Å². The van der Waals surface area contributed by atoms with Crippen LogP contribution in [0.1, 0.15) is 20.7 Å². The van der Waals surface area contributed by atoms with Crippen LogP contribution in [0, 0.1) is 10.1 Å². The number of hydrogen-bond donors (Lipinski definition) is 0. The number of ether oxygens (including phenoxy) is 2. The Morgan fingerprint density at radius 2 is 1.43 bits per heavy atom. The van der Waals surface area contributed by atoms with E-state index in [1.165, 1.54) is 38.5 Å². The fraction of sp³-hybridized carbons (Fsp3) is 0.125. The zero-order valence-corrected chi connectivity index (χ0v) is 12.4. The van der Waals surface area contributed by atoms with Crippen molar-refractivity contribution < 1.29 is 24.0 Å². The van der Waals surface area contributed by atoms with E-state index in [1.54, 1.807) is 12.1 Å². The van der Waals surface area contributed by atoms with Crippen molar-refractivity contribution in [1.82, 2.24) is 0 Å². The van der Waals surface area contributed by atoms with Gasteiger partial charge in [-0.3, -0.25) is 10.1 Å². The maximum atomic E-state index is 11.6. The van der Waals surface area contributed by atoms with Gasteiger partial charge in [0.1, 0.15) is 0 Å².